The number of unbranched alkanes of at least 4 members (excludes halogenated alkanes) is 1. The second-order valence-corrected chi connectivity index (χ2v) is 7.38. The minimum Gasteiger partial charge on any atom is -0.323 e. The van der Waals surface area contributed by atoms with Gasteiger partial charge in [-0.25, -0.2) is 0 Å². The highest BCUT2D eigenvalue weighted by molar-refractivity contribution is 7.53. The van der Waals surface area contributed by atoms with Crippen molar-refractivity contribution >= 4 is 7.60 Å². The van der Waals surface area contributed by atoms with Crippen molar-refractivity contribution in [2.24, 2.45) is 0 Å². The fraction of sp³-hybridized carbons (Fsp3) is 0.294. The lowest BCUT2D eigenvalue weighted by molar-refractivity contribution is 0.320. The SMILES string of the molecule is CCCCNC1(P(=O)(O)O)c2ccccc2-c2ccccc21. The van der Waals surface area contributed by atoms with Crippen LogP contribution < -0.4 is 5.32 Å². The van der Waals surface area contributed by atoms with E-state index >= 15 is 0 Å². The van der Waals surface area contributed by atoms with Crippen LogP contribution in [0.25, 0.3) is 11.1 Å². The first kappa shape index (κ1) is 15.4. The van der Waals surface area contributed by atoms with Gasteiger partial charge in [-0.2, -0.15) is 0 Å². The summed E-state index contributed by atoms with van der Waals surface area (Å²) in [5.41, 5.74) is 3.12. The molecule has 0 heterocycles. The summed E-state index contributed by atoms with van der Waals surface area (Å²) < 4.78 is 12.5. The maximum absolute atomic E-state index is 12.5. The molecule has 3 rings (SSSR count). The fourth-order valence-electron chi connectivity index (χ4n) is 3.27. The van der Waals surface area contributed by atoms with Gasteiger partial charge in [0.25, 0.3) is 0 Å². The second kappa shape index (κ2) is 5.64. The summed E-state index contributed by atoms with van der Waals surface area (Å²) >= 11 is 0. The molecule has 0 saturated heterocycles. The van der Waals surface area contributed by atoms with Crippen LogP contribution in [0.4, 0.5) is 0 Å². The second-order valence-electron chi connectivity index (χ2n) is 5.63. The molecule has 0 radical (unpaired) electrons. The molecule has 0 unspecified atom stereocenters. The Labute approximate surface area is 130 Å². The lowest BCUT2D eigenvalue weighted by atomic mass is 10.0. The Hall–Kier alpha value is -1.45. The average molecular weight is 317 g/mol. The number of fused-ring (bicyclic) bond motifs is 3. The predicted octanol–water partition coefficient (Wildman–Crippen LogP) is 3.44. The van der Waals surface area contributed by atoms with Crippen molar-refractivity contribution in [2.75, 3.05) is 6.54 Å². The first-order valence-electron chi connectivity index (χ1n) is 7.52. The summed E-state index contributed by atoms with van der Waals surface area (Å²) in [6.07, 6.45) is 1.83. The zero-order valence-corrected chi connectivity index (χ0v) is 13.4. The van der Waals surface area contributed by atoms with Gasteiger partial charge in [-0.15, -0.1) is 0 Å². The number of benzene rings is 2. The van der Waals surface area contributed by atoms with Crippen molar-refractivity contribution in [3.8, 4) is 11.1 Å². The maximum atomic E-state index is 12.5. The zero-order chi connectivity index (χ0) is 15.8. The van der Waals surface area contributed by atoms with E-state index in [9.17, 15) is 14.4 Å². The van der Waals surface area contributed by atoms with Crippen molar-refractivity contribution < 1.29 is 14.4 Å². The monoisotopic (exact) mass is 317 g/mol. The summed E-state index contributed by atoms with van der Waals surface area (Å²) in [4.78, 5) is 20.4. The van der Waals surface area contributed by atoms with E-state index in [0.29, 0.717) is 17.7 Å². The summed E-state index contributed by atoms with van der Waals surface area (Å²) in [5, 5.41) is 1.75. The molecular weight excluding hydrogens is 297 g/mol. The van der Waals surface area contributed by atoms with Crippen LogP contribution in [0, 0.1) is 0 Å². The van der Waals surface area contributed by atoms with E-state index in [0.717, 1.165) is 24.0 Å². The normalized spacial score (nSPS) is 15.4. The van der Waals surface area contributed by atoms with E-state index in [-0.39, 0.29) is 0 Å². The zero-order valence-electron chi connectivity index (χ0n) is 12.5. The van der Waals surface area contributed by atoms with Crippen LogP contribution in [0.3, 0.4) is 0 Å². The molecule has 4 nitrogen and oxygen atoms in total. The van der Waals surface area contributed by atoms with Crippen LogP contribution in [-0.2, 0) is 9.85 Å². The standard InChI is InChI=1S/C17H20NO3P/c1-2-3-12-18-17(22(19,20)21)15-10-6-4-8-13(15)14-9-5-7-11-16(14)17/h4-11,18H,2-3,12H2,1H3,(H2,19,20,21). The Morgan fingerprint density at radius 3 is 1.95 bits per heavy atom. The van der Waals surface area contributed by atoms with Gasteiger partial charge in [-0.05, 0) is 35.2 Å². The third-order valence-electron chi connectivity index (χ3n) is 4.27. The number of rotatable bonds is 5. The number of hydrogen-bond donors (Lipinski definition) is 3. The largest absolute Gasteiger partial charge is 0.354 e. The van der Waals surface area contributed by atoms with Crippen LogP contribution in [0.15, 0.2) is 48.5 Å². The van der Waals surface area contributed by atoms with Gasteiger partial charge in [0.05, 0.1) is 0 Å². The molecule has 116 valence electrons. The molecule has 0 bridgehead atoms. The Balaban J connectivity index is 2.26. The van der Waals surface area contributed by atoms with Gasteiger partial charge < -0.3 is 9.79 Å². The molecule has 5 heteroatoms. The first-order chi connectivity index (χ1) is 10.5. The van der Waals surface area contributed by atoms with Crippen LogP contribution in [0.1, 0.15) is 30.9 Å². The highest BCUT2D eigenvalue weighted by Gasteiger charge is 2.55. The van der Waals surface area contributed by atoms with Crippen molar-refractivity contribution in [1.82, 2.24) is 5.32 Å². The maximum Gasteiger partial charge on any atom is 0.354 e. The minimum absolute atomic E-state index is 0.560. The molecule has 0 saturated carbocycles. The summed E-state index contributed by atoms with van der Waals surface area (Å²) in [6.45, 7) is 2.62. The van der Waals surface area contributed by atoms with Crippen LogP contribution in [-0.4, -0.2) is 16.3 Å². The van der Waals surface area contributed by atoms with E-state index in [1.807, 2.05) is 48.5 Å². The Morgan fingerprint density at radius 1 is 1.00 bits per heavy atom. The molecule has 0 amide bonds. The highest BCUT2D eigenvalue weighted by atomic mass is 31.2. The van der Waals surface area contributed by atoms with Gasteiger partial charge in [-0.3, -0.25) is 9.88 Å². The molecular formula is C17H20NO3P. The number of nitrogens with one attached hydrogen (secondary N) is 1. The minimum atomic E-state index is -4.46. The highest BCUT2D eigenvalue weighted by Crippen LogP contribution is 2.65. The number of hydrogen-bond acceptors (Lipinski definition) is 2. The Kier molecular flexibility index (Phi) is 3.96. The van der Waals surface area contributed by atoms with Gasteiger partial charge in [0.15, 0.2) is 5.28 Å². The molecule has 0 spiro atoms. The van der Waals surface area contributed by atoms with Gasteiger partial charge in [0.2, 0.25) is 0 Å². The molecule has 0 aliphatic heterocycles. The summed E-state index contributed by atoms with van der Waals surface area (Å²) in [7, 11) is -4.46. The van der Waals surface area contributed by atoms with Crippen LogP contribution >= 0.6 is 7.60 Å². The molecule has 0 aromatic heterocycles. The molecule has 0 atom stereocenters. The van der Waals surface area contributed by atoms with E-state index < -0.39 is 12.9 Å². The van der Waals surface area contributed by atoms with Gasteiger partial charge in [0.1, 0.15) is 0 Å². The fourth-order valence-corrected chi connectivity index (χ4v) is 4.60. The van der Waals surface area contributed by atoms with E-state index in [1.165, 1.54) is 0 Å². The van der Waals surface area contributed by atoms with Gasteiger partial charge in [0, 0.05) is 0 Å². The molecule has 2 aromatic carbocycles. The quantitative estimate of drug-likeness (QED) is 0.584. The average Bonchev–Trinajstić information content (AvgIpc) is 2.79. The lowest BCUT2D eigenvalue weighted by Crippen LogP contribution is -2.42. The summed E-state index contributed by atoms with van der Waals surface area (Å²) in [6, 6.07) is 14.9. The third-order valence-corrected chi connectivity index (χ3v) is 5.79. The van der Waals surface area contributed by atoms with Crippen molar-refractivity contribution in [1.29, 1.82) is 0 Å². The van der Waals surface area contributed by atoms with E-state index in [2.05, 4.69) is 12.2 Å². The molecule has 3 N–H and O–H groups in total. The van der Waals surface area contributed by atoms with Gasteiger partial charge in [-0.1, -0.05) is 61.9 Å². The van der Waals surface area contributed by atoms with E-state index in [1.54, 1.807) is 0 Å². The third kappa shape index (κ3) is 2.15. The molecule has 1 aliphatic carbocycles. The van der Waals surface area contributed by atoms with Crippen molar-refractivity contribution in [3.63, 3.8) is 0 Å². The predicted molar refractivity (Wildman–Crippen MR) is 87.6 cm³/mol. The van der Waals surface area contributed by atoms with Crippen LogP contribution in [0.5, 0.6) is 0 Å². The Morgan fingerprint density at radius 2 is 1.50 bits per heavy atom. The van der Waals surface area contributed by atoms with Crippen molar-refractivity contribution in [2.45, 2.75) is 25.0 Å². The van der Waals surface area contributed by atoms with E-state index in [4.69, 9.17) is 0 Å². The molecule has 1 aliphatic rings. The molecule has 2 aromatic rings. The van der Waals surface area contributed by atoms with Crippen molar-refractivity contribution in [3.05, 3.63) is 59.7 Å². The first-order valence-corrected chi connectivity index (χ1v) is 9.13. The molecule has 0 fully saturated rings. The Bertz CT molecular complexity index is 693. The van der Waals surface area contributed by atoms with Crippen LogP contribution in [0.2, 0.25) is 0 Å². The summed E-state index contributed by atoms with van der Waals surface area (Å²) in [5.74, 6) is 0. The van der Waals surface area contributed by atoms with Gasteiger partial charge >= 0.3 is 7.60 Å². The lowest BCUT2D eigenvalue weighted by Gasteiger charge is -2.33. The molecule has 22 heavy (non-hydrogen) atoms. The smallest absolute Gasteiger partial charge is 0.323 e. The topological polar surface area (TPSA) is 69.6 Å².